The van der Waals surface area contributed by atoms with Crippen molar-refractivity contribution in [1.82, 2.24) is 14.9 Å². The lowest BCUT2D eigenvalue weighted by Crippen LogP contribution is -2.49. The maximum atomic E-state index is 13.4. The Bertz CT molecular complexity index is 1170. The Hall–Kier alpha value is -2.77. The molecule has 3 rings (SSSR count). The number of hydrogen-bond acceptors (Lipinski definition) is 5. The Morgan fingerprint density at radius 1 is 1.21 bits per heavy atom. The summed E-state index contributed by atoms with van der Waals surface area (Å²) in [6, 6.07) is 10.2. The molecule has 2 amide bonds. The number of sulfonamides is 1. The minimum atomic E-state index is -3.98. The summed E-state index contributed by atoms with van der Waals surface area (Å²) in [5.41, 5.74) is 0.181. The van der Waals surface area contributed by atoms with Crippen molar-refractivity contribution in [1.29, 1.82) is 5.26 Å². The fraction of sp³-hybridized carbons (Fsp3) is 0.273. The Morgan fingerprint density at radius 2 is 1.88 bits per heavy atom. The predicted molar refractivity (Wildman–Crippen MR) is 126 cm³/mol. The van der Waals surface area contributed by atoms with Crippen molar-refractivity contribution >= 4 is 39.3 Å². The number of carbonyl (C=O) groups is 1. The summed E-state index contributed by atoms with van der Waals surface area (Å²) in [7, 11) is -3.98. The summed E-state index contributed by atoms with van der Waals surface area (Å²) in [4.78, 5) is 11.7. The zero-order valence-electron chi connectivity index (χ0n) is 17.6. The van der Waals surface area contributed by atoms with Gasteiger partial charge in [0.15, 0.2) is 0 Å². The van der Waals surface area contributed by atoms with Crippen molar-refractivity contribution in [3.8, 4) is 17.6 Å². The third-order valence-corrected chi connectivity index (χ3v) is 7.31. The predicted octanol–water partition coefficient (Wildman–Crippen LogP) is 4.30. The number of nitriles is 1. The molecule has 2 aromatic rings. The third kappa shape index (κ3) is 6.39. The molecule has 0 unspecified atom stereocenters. The lowest BCUT2D eigenvalue weighted by molar-refractivity contribution is 0.228. The molecule has 33 heavy (non-hydrogen) atoms. The number of hydrogen-bond donors (Lipinski definition) is 2. The van der Waals surface area contributed by atoms with Crippen molar-refractivity contribution in [2.45, 2.75) is 23.8 Å². The number of benzene rings is 2. The molecule has 0 spiro atoms. The smallest absolute Gasteiger partial charge is 0.315 e. The Kier molecular flexibility index (Phi) is 8.21. The van der Waals surface area contributed by atoms with E-state index in [1.54, 1.807) is 6.08 Å². The van der Waals surface area contributed by atoms with Gasteiger partial charge in [0.05, 0.1) is 11.6 Å². The normalized spacial score (nSPS) is 14.8. The van der Waals surface area contributed by atoms with Gasteiger partial charge in [-0.1, -0.05) is 29.3 Å². The van der Waals surface area contributed by atoms with Crippen LogP contribution in [0.2, 0.25) is 10.0 Å². The van der Waals surface area contributed by atoms with E-state index in [2.05, 4.69) is 17.2 Å². The van der Waals surface area contributed by atoms with Gasteiger partial charge in [-0.05, 0) is 49.2 Å². The fourth-order valence-electron chi connectivity index (χ4n) is 3.36. The van der Waals surface area contributed by atoms with E-state index in [0.29, 0.717) is 29.4 Å². The number of carbonyl (C=O) groups excluding carboxylic acids is 1. The molecule has 1 saturated heterocycles. The molecule has 1 fully saturated rings. The lowest BCUT2D eigenvalue weighted by atomic mass is 10.1. The molecular formula is C22H22Cl2N4O4S. The van der Waals surface area contributed by atoms with Crippen LogP contribution >= 0.6 is 23.2 Å². The summed E-state index contributed by atoms with van der Waals surface area (Å²) in [6.07, 6.45) is 2.46. The quantitative estimate of drug-likeness (QED) is 0.541. The van der Waals surface area contributed by atoms with E-state index >= 15 is 0 Å². The monoisotopic (exact) mass is 508 g/mol. The van der Waals surface area contributed by atoms with E-state index in [-0.39, 0.29) is 47.1 Å². The first kappa shape index (κ1) is 24.9. The zero-order chi connectivity index (χ0) is 24.0. The number of piperidine rings is 1. The lowest BCUT2D eigenvalue weighted by Gasteiger charge is -2.32. The summed E-state index contributed by atoms with van der Waals surface area (Å²) in [5.74, 6) is 0.318. The molecule has 0 aliphatic carbocycles. The van der Waals surface area contributed by atoms with Gasteiger partial charge in [-0.2, -0.15) is 9.57 Å². The highest BCUT2D eigenvalue weighted by Crippen LogP contribution is 2.35. The van der Waals surface area contributed by atoms with Crippen LogP contribution in [0.3, 0.4) is 0 Å². The number of ether oxygens (including phenoxy) is 1. The highest BCUT2D eigenvalue weighted by Gasteiger charge is 2.32. The van der Waals surface area contributed by atoms with E-state index in [1.165, 1.54) is 40.7 Å². The second-order valence-electron chi connectivity index (χ2n) is 7.30. The minimum Gasteiger partial charge on any atom is -0.456 e. The molecule has 2 aromatic carbocycles. The number of nitrogens with zero attached hydrogens (tertiary/aromatic N) is 2. The summed E-state index contributed by atoms with van der Waals surface area (Å²) in [6.45, 7) is 4.29. The molecule has 0 atom stereocenters. The number of amides is 2. The first-order valence-corrected chi connectivity index (χ1v) is 12.3. The van der Waals surface area contributed by atoms with Crippen LogP contribution in [0.5, 0.6) is 11.5 Å². The van der Waals surface area contributed by atoms with Gasteiger partial charge in [0.1, 0.15) is 16.4 Å². The van der Waals surface area contributed by atoms with E-state index in [4.69, 9.17) is 27.9 Å². The van der Waals surface area contributed by atoms with E-state index < -0.39 is 10.0 Å². The molecule has 1 aliphatic rings. The molecular weight excluding hydrogens is 487 g/mol. The molecule has 0 saturated carbocycles. The molecule has 8 nitrogen and oxygen atoms in total. The van der Waals surface area contributed by atoms with E-state index in [9.17, 15) is 18.5 Å². The minimum absolute atomic E-state index is 0.0522. The van der Waals surface area contributed by atoms with Crippen molar-refractivity contribution in [2.24, 2.45) is 0 Å². The van der Waals surface area contributed by atoms with Gasteiger partial charge in [-0.15, -0.1) is 6.58 Å². The largest absolute Gasteiger partial charge is 0.456 e. The standard InChI is InChI=1S/C22H22Cl2N4O4S/c1-2-7-26-22(29)27-18-5-8-28(9-6-18)33(30,31)21-10-15(14-25)3-4-20(21)32-19-12-16(23)11-17(24)13-19/h2-4,10-13,18H,1,5-9H2,(H2,26,27,29). The second-order valence-corrected chi connectivity index (χ2v) is 10.1. The first-order chi connectivity index (χ1) is 15.7. The van der Waals surface area contributed by atoms with Crippen molar-refractivity contribution in [3.05, 3.63) is 64.7 Å². The average molecular weight is 509 g/mol. The van der Waals surface area contributed by atoms with Gasteiger partial charge < -0.3 is 15.4 Å². The SMILES string of the molecule is C=CCNC(=O)NC1CCN(S(=O)(=O)c2cc(C#N)ccc2Oc2cc(Cl)cc(Cl)c2)CC1. The average Bonchev–Trinajstić information content (AvgIpc) is 2.77. The van der Waals surface area contributed by atoms with Gasteiger partial charge in [-0.25, -0.2) is 13.2 Å². The molecule has 11 heteroatoms. The Morgan fingerprint density at radius 3 is 2.48 bits per heavy atom. The van der Waals surface area contributed by atoms with Crippen LogP contribution < -0.4 is 15.4 Å². The number of nitrogens with one attached hydrogen (secondary N) is 2. The number of urea groups is 1. The van der Waals surface area contributed by atoms with Crippen molar-refractivity contribution in [3.63, 3.8) is 0 Å². The van der Waals surface area contributed by atoms with Gasteiger partial charge in [0, 0.05) is 35.7 Å². The topological polar surface area (TPSA) is 112 Å². The van der Waals surface area contributed by atoms with Crippen LogP contribution in [0.15, 0.2) is 53.9 Å². The molecule has 1 heterocycles. The summed E-state index contributed by atoms with van der Waals surface area (Å²) in [5, 5.41) is 15.4. The van der Waals surface area contributed by atoms with Crippen molar-refractivity contribution < 1.29 is 17.9 Å². The van der Waals surface area contributed by atoms with Gasteiger partial charge >= 0.3 is 6.03 Å². The Balaban J connectivity index is 1.80. The highest BCUT2D eigenvalue weighted by atomic mass is 35.5. The number of rotatable bonds is 7. The number of halogens is 2. The van der Waals surface area contributed by atoms with Crippen LogP contribution in [-0.4, -0.2) is 44.4 Å². The van der Waals surface area contributed by atoms with Crippen LogP contribution in [0, 0.1) is 11.3 Å². The molecule has 1 aliphatic heterocycles. The third-order valence-electron chi connectivity index (χ3n) is 4.95. The van der Waals surface area contributed by atoms with Crippen molar-refractivity contribution in [2.75, 3.05) is 19.6 Å². The van der Waals surface area contributed by atoms with Gasteiger partial charge in [0.2, 0.25) is 10.0 Å². The first-order valence-electron chi connectivity index (χ1n) is 10.1. The maximum absolute atomic E-state index is 13.4. The highest BCUT2D eigenvalue weighted by molar-refractivity contribution is 7.89. The summed E-state index contributed by atoms with van der Waals surface area (Å²) < 4.78 is 34.0. The van der Waals surface area contributed by atoms with E-state index in [0.717, 1.165) is 0 Å². The van der Waals surface area contributed by atoms with Crippen LogP contribution in [0.25, 0.3) is 0 Å². The van der Waals surface area contributed by atoms with E-state index in [1.807, 2.05) is 6.07 Å². The molecule has 0 radical (unpaired) electrons. The molecule has 0 aromatic heterocycles. The molecule has 2 N–H and O–H groups in total. The van der Waals surface area contributed by atoms with Crippen LogP contribution in [-0.2, 0) is 10.0 Å². The maximum Gasteiger partial charge on any atom is 0.315 e. The second kappa shape index (κ2) is 10.9. The Labute approximate surface area is 202 Å². The molecule has 0 bridgehead atoms. The summed E-state index contributed by atoms with van der Waals surface area (Å²) >= 11 is 12.0. The van der Waals surface area contributed by atoms with Crippen LogP contribution in [0.4, 0.5) is 4.79 Å². The van der Waals surface area contributed by atoms with Gasteiger partial charge in [0.25, 0.3) is 0 Å². The van der Waals surface area contributed by atoms with Crippen LogP contribution in [0.1, 0.15) is 18.4 Å². The molecule has 174 valence electrons. The fourth-order valence-corrected chi connectivity index (χ4v) is 5.47. The zero-order valence-corrected chi connectivity index (χ0v) is 19.9. The van der Waals surface area contributed by atoms with Gasteiger partial charge in [-0.3, -0.25) is 0 Å².